The lowest BCUT2D eigenvalue weighted by Crippen LogP contribution is -2.36. The van der Waals surface area contributed by atoms with E-state index in [-0.39, 0.29) is 12.8 Å². The zero-order valence-corrected chi connectivity index (χ0v) is 15.1. The first-order valence-electron chi connectivity index (χ1n) is 8.19. The van der Waals surface area contributed by atoms with Crippen molar-refractivity contribution in [1.29, 1.82) is 0 Å². The summed E-state index contributed by atoms with van der Waals surface area (Å²) in [6.45, 7) is 1.10. The van der Waals surface area contributed by atoms with Crippen molar-refractivity contribution >= 4 is 6.03 Å². The van der Waals surface area contributed by atoms with Crippen LogP contribution in [0.1, 0.15) is 11.1 Å². The lowest BCUT2D eigenvalue weighted by molar-refractivity contribution is 0.174. The van der Waals surface area contributed by atoms with Crippen molar-refractivity contribution in [3.8, 4) is 23.0 Å². The van der Waals surface area contributed by atoms with Crippen LogP contribution in [0.4, 0.5) is 4.79 Å². The van der Waals surface area contributed by atoms with Crippen molar-refractivity contribution in [3.63, 3.8) is 0 Å². The van der Waals surface area contributed by atoms with Gasteiger partial charge in [-0.15, -0.1) is 0 Å². The zero-order chi connectivity index (χ0) is 18.5. The fourth-order valence-electron chi connectivity index (χ4n) is 2.69. The molecule has 0 saturated heterocycles. The molecule has 3 rings (SSSR count). The highest BCUT2D eigenvalue weighted by atomic mass is 16.7. The second-order valence-corrected chi connectivity index (χ2v) is 5.89. The Balaban J connectivity index is 1.56. The van der Waals surface area contributed by atoms with Gasteiger partial charge in [-0.25, -0.2) is 4.79 Å². The van der Waals surface area contributed by atoms with Crippen LogP contribution >= 0.6 is 0 Å². The van der Waals surface area contributed by atoms with Gasteiger partial charge in [-0.05, 0) is 35.4 Å². The fourth-order valence-corrected chi connectivity index (χ4v) is 2.69. The van der Waals surface area contributed by atoms with E-state index >= 15 is 0 Å². The van der Waals surface area contributed by atoms with E-state index in [2.05, 4.69) is 5.32 Å². The lowest BCUT2D eigenvalue weighted by atomic mass is 10.2. The summed E-state index contributed by atoms with van der Waals surface area (Å²) in [6, 6.07) is 11.0. The second kappa shape index (κ2) is 7.86. The zero-order valence-electron chi connectivity index (χ0n) is 15.1. The Kier molecular flexibility index (Phi) is 5.36. The molecule has 0 bridgehead atoms. The number of rotatable bonds is 6. The molecule has 7 heteroatoms. The van der Waals surface area contributed by atoms with Crippen molar-refractivity contribution in [2.75, 3.05) is 28.1 Å². The number of nitrogens with one attached hydrogen (secondary N) is 1. The molecule has 0 aliphatic carbocycles. The minimum Gasteiger partial charge on any atom is -0.493 e. The van der Waals surface area contributed by atoms with Gasteiger partial charge in [-0.1, -0.05) is 12.1 Å². The molecule has 7 nitrogen and oxygen atoms in total. The summed E-state index contributed by atoms with van der Waals surface area (Å²) < 4.78 is 21.1. The van der Waals surface area contributed by atoms with E-state index in [1.165, 1.54) is 0 Å². The molecule has 0 aromatic heterocycles. The van der Waals surface area contributed by atoms with Crippen LogP contribution in [0.2, 0.25) is 0 Å². The molecule has 1 heterocycles. The molecule has 0 saturated carbocycles. The number of hydrogen-bond donors (Lipinski definition) is 1. The first-order valence-corrected chi connectivity index (χ1v) is 8.19. The predicted molar refractivity (Wildman–Crippen MR) is 95.8 cm³/mol. The molecule has 1 aliphatic heterocycles. The van der Waals surface area contributed by atoms with Gasteiger partial charge in [-0.3, -0.25) is 0 Å². The van der Waals surface area contributed by atoms with E-state index < -0.39 is 0 Å². The number of urea groups is 1. The van der Waals surface area contributed by atoms with Gasteiger partial charge in [0.05, 0.1) is 14.2 Å². The van der Waals surface area contributed by atoms with Crippen molar-refractivity contribution in [2.24, 2.45) is 0 Å². The van der Waals surface area contributed by atoms with Crippen LogP contribution in [0, 0.1) is 0 Å². The highest BCUT2D eigenvalue weighted by Gasteiger charge is 2.15. The Bertz CT molecular complexity index is 793. The number of nitrogens with zero attached hydrogens (tertiary/aromatic N) is 1. The molecular weight excluding hydrogens is 336 g/mol. The second-order valence-electron chi connectivity index (χ2n) is 5.89. The maximum absolute atomic E-state index is 12.3. The van der Waals surface area contributed by atoms with Crippen LogP contribution in [-0.2, 0) is 13.1 Å². The molecule has 2 aromatic rings. The summed E-state index contributed by atoms with van der Waals surface area (Å²) in [7, 11) is 4.92. The Labute approximate surface area is 152 Å². The summed E-state index contributed by atoms with van der Waals surface area (Å²) in [5, 5.41) is 2.90. The summed E-state index contributed by atoms with van der Waals surface area (Å²) in [4.78, 5) is 13.9. The topological polar surface area (TPSA) is 69.3 Å². The highest BCUT2D eigenvalue weighted by Crippen LogP contribution is 2.32. The maximum atomic E-state index is 12.3. The Hall–Kier alpha value is -3.09. The van der Waals surface area contributed by atoms with Gasteiger partial charge in [0.25, 0.3) is 0 Å². The van der Waals surface area contributed by atoms with Crippen LogP contribution in [0.15, 0.2) is 36.4 Å². The number of amides is 2. The summed E-state index contributed by atoms with van der Waals surface area (Å²) in [5.74, 6) is 2.73. The van der Waals surface area contributed by atoms with E-state index in [9.17, 15) is 4.79 Å². The molecule has 2 amide bonds. The first-order chi connectivity index (χ1) is 12.6. The largest absolute Gasteiger partial charge is 0.493 e. The van der Waals surface area contributed by atoms with Crippen LogP contribution in [0.3, 0.4) is 0 Å². The fraction of sp³-hybridized carbons (Fsp3) is 0.316. The van der Waals surface area contributed by atoms with Crippen molar-refractivity contribution in [2.45, 2.75) is 13.1 Å². The van der Waals surface area contributed by atoms with Gasteiger partial charge in [0.1, 0.15) is 0 Å². The van der Waals surface area contributed by atoms with Gasteiger partial charge in [-0.2, -0.15) is 0 Å². The Morgan fingerprint density at radius 1 is 1.04 bits per heavy atom. The molecule has 0 radical (unpaired) electrons. The Morgan fingerprint density at radius 2 is 1.77 bits per heavy atom. The molecule has 0 spiro atoms. The van der Waals surface area contributed by atoms with Crippen molar-refractivity contribution in [1.82, 2.24) is 10.2 Å². The summed E-state index contributed by atoms with van der Waals surface area (Å²) in [6.07, 6.45) is 0. The third-order valence-corrected chi connectivity index (χ3v) is 4.10. The molecule has 26 heavy (non-hydrogen) atoms. The lowest BCUT2D eigenvalue weighted by Gasteiger charge is -2.19. The number of carbonyl (C=O) groups excluding carboxylic acids is 1. The minimum atomic E-state index is -0.169. The number of carbonyl (C=O) groups is 1. The summed E-state index contributed by atoms with van der Waals surface area (Å²) in [5.41, 5.74) is 1.89. The van der Waals surface area contributed by atoms with E-state index in [1.54, 1.807) is 26.2 Å². The van der Waals surface area contributed by atoms with Gasteiger partial charge >= 0.3 is 6.03 Å². The number of ether oxygens (including phenoxy) is 4. The maximum Gasteiger partial charge on any atom is 0.317 e. The van der Waals surface area contributed by atoms with E-state index in [0.29, 0.717) is 30.3 Å². The van der Waals surface area contributed by atoms with Gasteiger partial charge in [0.2, 0.25) is 6.79 Å². The third-order valence-electron chi connectivity index (χ3n) is 4.10. The van der Waals surface area contributed by atoms with Gasteiger partial charge < -0.3 is 29.2 Å². The van der Waals surface area contributed by atoms with E-state index in [1.807, 2.05) is 36.4 Å². The molecule has 0 unspecified atom stereocenters. The van der Waals surface area contributed by atoms with Gasteiger partial charge in [0.15, 0.2) is 23.0 Å². The molecular formula is C19H22N2O5. The molecule has 2 aromatic carbocycles. The first kappa shape index (κ1) is 17.7. The standard InChI is InChI=1S/C19H22N2O5/c1-21(11-14-5-6-15(23-2)17(9-14)24-3)19(22)20-10-13-4-7-16-18(8-13)26-12-25-16/h4-9H,10-12H2,1-3H3,(H,20,22). The highest BCUT2D eigenvalue weighted by molar-refractivity contribution is 5.74. The quantitative estimate of drug-likeness (QED) is 0.860. The third kappa shape index (κ3) is 3.93. The summed E-state index contributed by atoms with van der Waals surface area (Å²) >= 11 is 0. The molecule has 0 fully saturated rings. The van der Waals surface area contributed by atoms with Crippen LogP contribution in [0.25, 0.3) is 0 Å². The number of fused-ring (bicyclic) bond motifs is 1. The number of benzene rings is 2. The smallest absolute Gasteiger partial charge is 0.317 e. The normalized spacial score (nSPS) is 11.8. The van der Waals surface area contributed by atoms with Gasteiger partial charge in [0, 0.05) is 20.1 Å². The monoisotopic (exact) mass is 358 g/mol. The van der Waals surface area contributed by atoms with Crippen LogP contribution in [-0.4, -0.2) is 39.0 Å². The van der Waals surface area contributed by atoms with E-state index in [0.717, 1.165) is 16.9 Å². The molecule has 1 N–H and O–H groups in total. The SMILES string of the molecule is COc1ccc(CN(C)C(=O)NCc2ccc3c(c2)OCO3)cc1OC. The predicted octanol–water partition coefficient (Wildman–Crippen LogP) is 2.77. The van der Waals surface area contributed by atoms with Crippen LogP contribution in [0.5, 0.6) is 23.0 Å². The molecule has 0 atom stereocenters. The number of hydrogen-bond acceptors (Lipinski definition) is 5. The average molecular weight is 358 g/mol. The number of methoxy groups -OCH3 is 2. The van der Waals surface area contributed by atoms with Crippen molar-refractivity contribution in [3.05, 3.63) is 47.5 Å². The van der Waals surface area contributed by atoms with E-state index in [4.69, 9.17) is 18.9 Å². The van der Waals surface area contributed by atoms with Crippen molar-refractivity contribution < 1.29 is 23.7 Å². The average Bonchev–Trinajstić information content (AvgIpc) is 3.13. The molecule has 138 valence electrons. The Morgan fingerprint density at radius 3 is 2.54 bits per heavy atom. The molecule has 1 aliphatic rings. The minimum absolute atomic E-state index is 0.169. The van der Waals surface area contributed by atoms with Crippen LogP contribution < -0.4 is 24.3 Å².